The van der Waals surface area contributed by atoms with Gasteiger partial charge in [0.15, 0.2) is 0 Å². The van der Waals surface area contributed by atoms with Gasteiger partial charge in [-0.1, -0.05) is 76.0 Å². The highest BCUT2D eigenvalue weighted by molar-refractivity contribution is 6.30. The molecule has 1 fully saturated rings. The lowest BCUT2D eigenvalue weighted by atomic mass is 9.96. The van der Waals surface area contributed by atoms with Gasteiger partial charge in [-0.3, -0.25) is 28.8 Å². The number of amides is 6. The molecule has 6 amide bonds. The summed E-state index contributed by atoms with van der Waals surface area (Å²) in [6, 6.07) is 7.53. The molecule has 58 heavy (non-hydrogen) atoms. The van der Waals surface area contributed by atoms with Crippen LogP contribution in [0, 0.1) is 11.8 Å². The number of H-pyrrole nitrogens is 1. The van der Waals surface area contributed by atoms with Gasteiger partial charge in [0, 0.05) is 35.0 Å². The maximum absolute atomic E-state index is 14.4. The molecule has 15 nitrogen and oxygen atoms in total. The number of rotatable bonds is 14. The zero-order valence-electron chi connectivity index (χ0n) is 33.9. The Bertz CT molecular complexity index is 1870. The maximum Gasteiger partial charge on any atom is 0.243 e. The van der Waals surface area contributed by atoms with Crippen molar-refractivity contribution in [2.24, 2.45) is 23.3 Å². The first-order valence-electron chi connectivity index (χ1n) is 20.3. The van der Waals surface area contributed by atoms with Crippen molar-refractivity contribution in [2.75, 3.05) is 13.1 Å². The van der Waals surface area contributed by atoms with Crippen LogP contribution in [0.5, 0.6) is 0 Å². The number of hydrogen-bond donors (Lipinski definition) is 9. The molecule has 316 valence electrons. The zero-order chi connectivity index (χ0) is 42.4. The molecule has 2 aromatic carbocycles. The number of benzene rings is 2. The first kappa shape index (κ1) is 45.7. The Hall–Kier alpha value is -4.99. The summed E-state index contributed by atoms with van der Waals surface area (Å²) >= 11 is 6.15. The molecule has 7 atom stereocenters. The lowest BCUT2D eigenvalue weighted by Gasteiger charge is -2.31. The summed E-state index contributed by atoms with van der Waals surface area (Å²) in [4.78, 5) is 88.3. The Morgan fingerprint density at radius 1 is 0.621 bits per heavy atom. The topological polar surface area (TPSA) is 242 Å². The van der Waals surface area contributed by atoms with Crippen LogP contribution in [0.3, 0.4) is 0 Å². The van der Waals surface area contributed by atoms with E-state index in [2.05, 4.69) is 36.9 Å². The van der Waals surface area contributed by atoms with Crippen LogP contribution < -0.4 is 43.4 Å². The summed E-state index contributed by atoms with van der Waals surface area (Å²) in [5, 5.41) is 18.4. The maximum atomic E-state index is 14.4. The molecule has 0 spiro atoms. The first-order chi connectivity index (χ1) is 27.7. The molecule has 11 N–H and O–H groups in total. The van der Waals surface area contributed by atoms with Crippen LogP contribution in [0.4, 0.5) is 0 Å². The minimum atomic E-state index is -1.19. The molecule has 1 aliphatic rings. The van der Waals surface area contributed by atoms with Crippen molar-refractivity contribution in [1.82, 2.24) is 36.9 Å². The Balaban J connectivity index is 1.81. The van der Waals surface area contributed by atoms with Crippen molar-refractivity contribution in [3.63, 3.8) is 0 Å². The molecule has 1 aliphatic heterocycles. The predicted octanol–water partition coefficient (Wildman–Crippen LogP) is 2.10. The van der Waals surface area contributed by atoms with E-state index in [-0.39, 0.29) is 57.0 Å². The van der Waals surface area contributed by atoms with Crippen molar-refractivity contribution in [3.8, 4) is 0 Å². The molecular weight excluding hydrogens is 762 g/mol. The van der Waals surface area contributed by atoms with Gasteiger partial charge in [-0.05, 0) is 86.4 Å². The Kier molecular flexibility index (Phi) is 17.5. The van der Waals surface area contributed by atoms with Crippen molar-refractivity contribution >= 4 is 57.9 Å². The highest BCUT2D eigenvalue weighted by Gasteiger charge is 2.36. The van der Waals surface area contributed by atoms with Crippen LogP contribution in [-0.2, 0) is 41.6 Å². The fourth-order valence-corrected chi connectivity index (χ4v) is 7.11. The second kappa shape index (κ2) is 22.2. The Morgan fingerprint density at radius 3 is 1.71 bits per heavy atom. The van der Waals surface area contributed by atoms with Crippen LogP contribution in [0.2, 0.25) is 5.02 Å². The van der Waals surface area contributed by atoms with E-state index < -0.39 is 71.7 Å². The van der Waals surface area contributed by atoms with E-state index in [1.165, 1.54) is 0 Å². The lowest BCUT2D eigenvalue weighted by Crippen LogP contribution is -2.62. The average Bonchev–Trinajstić information content (AvgIpc) is 3.61. The van der Waals surface area contributed by atoms with Crippen LogP contribution >= 0.6 is 11.6 Å². The summed E-state index contributed by atoms with van der Waals surface area (Å²) in [6.45, 7) is 7.92. The SMILES string of the molecule is CC[C@@H](C)[C@@H]1NC(=O)[C@@H](Cc2ccc(Cl)cc2)NC(=O)[C@H](CC(C)C)NC(=O)[C@H](Cc2c[nH]c3ccccc23)NC(=O)[C@@H](CCCN)NC(=O)[C@@H](CCCN)NC1=O. The van der Waals surface area contributed by atoms with E-state index in [0.717, 1.165) is 16.5 Å². The van der Waals surface area contributed by atoms with Crippen LogP contribution in [-0.4, -0.2) is 89.8 Å². The summed E-state index contributed by atoms with van der Waals surface area (Å²) in [5.41, 5.74) is 13.9. The Labute approximate surface area is 345 Å². The standard InChI is InChI=1S/C42H60ClN9O6/c1-5-25(4)36-42(58)48-32(13-9-19-45)37(53)47-31(12-8-18-44)38(54)51-35(22-27-23-46-30-11-7-6-10-29(27)30)40(56)49-33(20-24(2)3)39(55)50-34(41(57)52-36)21-26-14-16-28(43)17-15-26/h6-7,10-11,14-17,23-25,31-36,46H,5,8-9,12-13,18-22,44-45H2,1-4H3,(H,47,53)(H,48,58)(H,49,56)(H,50,55)(H,51,54)(H,52,57)/t25-,31-,32-,33+,34-,35+,36+/m1/s1. The number of carbonyl (C=O) groups is 6. The summed E-state index contributed by atoms with van der Waals surface area (Å²) in [5.74, 6) is -4.20. The van der Waals surface area contributed by atoms with Gasteiger partial charge < -0.3 is 48.4 Å². The third-order valence-corrected chi connectivity index (χ3v) is 10.8. The largest absolute Gasteiger partial charge is 0.361 e. The number of para-hydroxylation sites is 1. The summed E-state index contributed by atoms with van der Waals surface area (Å²) in [7, 11) is 0. The molecule has 0 saturated carbocycles. The van der Waals surface area contributed by atoms with Crippen LogP contribution in [0.15, 0.2) is 54.7 Å². The minimum absolute atomic E-state index is 0.0386. The van der Waals surface area contributed by atoms with E-state index in [4.69, 9.17) is 23.1 Å². The molecule has 16 heteroatoms. The molecule has 1 saturated heterocycles. The zero-order valence-corrected chi connectivity index (χ0v) is 34.6. The fraction of sp³-hybridized carbons (Fsp3) is 0.524. The number of nitrogens with two attached hydrogens (primary N) is 2. The van der Waals surface area contributed by atoms with Gasteiger partial charge in [0.1, 0.15) is 36.3 Å². The van der Waals surface area contributed by atoms with E-state index >= 15 is 0 Å². The first-order valence-corrected chi connectivity index (χ1v) is 20.6. The van der Waals surface area contributed by atoms with Crippen LogP contribution in [0.1, 0.15) is 77.3 Å². The number of carbonyl (C=O) groups excluding carboxylic acids is 6. The molecule has 3 aromatic rings. The number of halogens is 1. The smallest absolute Gasteiger partial charge is 0.243 e. The van der Waals surface area contributed by atoms with Crippen molar-refractivity contribution < 1.29 is 28.8 Å². The van der Waals surface area contributed by atoms with Gasteiger partial charge in [0.2, 0.25) is 35.4 Å². The Morgan fingerprint density at radius 2 is 1.12 bits per heavy atom. The lowest BCUT2D eigenvalue weighted by molar-refractivity contribution is -0.137. The van der Waals surface area contributed by atoms with Crippen molar-refractivity contribution in [3.05, 3.63) is 70.9 Å². The normalized spacial score (nSPS) is 23.5. The molecule has 2 heterocycles. The van der Waals surface area contributed by atoms with E-state index in [1.807, 2.05) is 45.0 Å². The van der Waals surface area contributed by atoms with Gasteiger partial charge in [-0.15, -0.1) is 0 Å². The highest BCUT2D eigenvalue weighted by Crippen LogP contribution is 2.20. The molecule has 1 aromatic heterocycles. The quantitative estimate of drug-likeness (QED) is 0.116. The molecule has 0 radical (unpaired) electrons. The fourth-order valence-electron chi connectivity index (χ4n) is 6.99. The molecular formula is C42H60ClN9O6. The minimum Gasteiger partial charge on any atom is -0.361 e. The summed E-state index contributed by atoms with van der Waals surface area (Å²) in [6.07, 6.45) is 3.59. The van der Waals surface area contributed by atoms with Gasteiger partial charge in [0.05, 0.1) is 0 Å². The van der Waals surface area contributed by atoms with Gasteiger partial charge in [-0.2, -0.15) is 0 Å². The summed E-state index contributed by atoms with van der Waals surface area (Å²) < 4.78 is 0. The molecule has 0 unspecified atom stereocenters. The van der Waals surface area contributed by atoms with Gasteiger partial charge >= 0.3 is 0 Å². The second-order valence-electron chi connectivity index (χ2n) is 15.6. The van der Waals surface area contributed by atoms with Gasteiger partial charge in [-0.25, -0.2) is 0 Å². The molecule has 0 aliphatic carbocycles. The van der Waals surface area contributed by atoms with E-state index in [1.54, 1.807) is 37.4 Å². The third kappa shape index (κ3) is 13.0. The molecule has 0 bridgehead atoms. The van der Waals surface area contributed by atoms with E-state index in [9.17, 15) is 28.8 Å². The highest BCUT2D eigenvalue weighted by atomic mass is 35.5. The third-order valence-electron chi connectivity index (χ3n) is 10.5. The van der Waals surface area contributed by atoms with Crippen molar-refractivity contribution in [1.29, 1.82) is 0 Å². The number of aromatic amines is 1. The average molecular weight is 822 g/mol. The second-order valence-corrected chi connectivity index (χ2v) is 16.0. The molecule has 4 rings (SSSR count). The number of nitrogens with one attached hydrogen (secondary N) is 7. The number of hydrogen-bond acceptors (Lipinski definition) is 8. The predicted molar refractivity (Wildman–Crippen MR) is 224 cm³/mol. The number of aromatic nitrogens is 1. The van der Waals surface area contributed by atoms with Crippen LogP contribution in [0.25, 0.3) is 10.9 Å². The van der Waals surface area contributed by atoms with Gasteiger partial charge in [0.25, 0.3) is 0 Å². The van der Waals surface area contributed by atoms with E-state index in [0.29, 0.717) is 29.8 Å². The number of fused-ring (bicyclic) bond motifs is 1. The monoisotopic (exact) mass is 821 g/mol. The van der Waals surface area contributed by atoms with Crippen molar-refractivity contribution in [2.45, 2.75) is 115 Å².